The molecule has 2 nitrogen and oxygen atoms in total. The minimum Gasteiger partial charge on any atom is -0.326 e. The van der Waals surface area contributed by atoms with Crippen molar-refractivity contribution in [2.24, 2.45) is 11.5 Å². The van der Waals surface area contributed by atoms with E-state index in [2.05, 4.69) is 19.2 Å². The van der Waals surface area contributed by atoms with Crippen molar-refractivity contribution >= 4 is 11.3 Å². The van der Waals surface area contributed by atoms with E-state index >= 15 is 0 Å². The summed E-state index contributed by atoms with van der Waals surface area (Å²) < 4.78 is 0. The summed E-state index contributed by atoms with van der Waals surface area (Å²) in [4.78, 5) is 1.29. The van der Waals surface area contributed by atoms with E-state index in [9.17, 15) is 0 Å². The van der Waals surface area contributed by atoms with Crippen LogP contribution in [0.25, 0.3) is 0 Å². The fourth-order valence-corrected chi connectivity index (χ4v) is 2.25. The Morgan fingerprint density at radius 2 is 1.92 bits per heavy atom. The Bertz CT molecular complexity index is 246. The van der Waals surface area contributed by atoms with Crippen LogP contribution in [-0.2, 0) is 0 Å². The molecular weight excluding hydrogens is 168 g/mol. The van der Waals surface area contributed by atoms with Crippen LogP contribution >= 0.6 is 11.3 Å². The van der Waals surface area contributed by atoms with Crippen LogP contribution in [0.3, 0.4) is 0 Å². The molecule has 0 bridgehead atoms. The van der Waals surface area contributed by atoms with Gasteiger partial charge in [-0.25, -0.2) is 0 Å². The average Bonchev–Trinajstić information content (AvgIpc) is 2.30. The highest BCUT2D eigenvalue weighted by atomic mass is 32.1. The molecule has 3 heteroatoms. The Labute approximate surface area is 77.6 Å². The fourth-order valence-electron chi connectivity index (χ4n) is 1.34. The van der Waals surface area contributed by atoms with Gasteiger partial charge in [-0.05, 0) is 37.3 Å². The van der Waals surface area contributed by atoms with Crippen LogP contribution in [0.1, 0.15) is 29.0 Å². The second-order valence-electron chi connectivity index (χ2n) is 3.27. The predicted molar refractivity (Wildman–Crippen MR) is 54.4 cm³/mol. The third-order valence-electron chi connectivity index (χ3n) is 2.12. The van der Waals surface area contributed by atoms with Crippen LogP contribution in [0.2, 0.25) is 0 Å². The zero-order valence-electron chi connectivity index (χ0n) is 7.79. The first-order valence-corrected chi connectivity index (χ1v) is 4.97. The second kappa shape index (κ2) is 3.56. The van der Waals surface area contributed by atoms with E-state index in [1.807, 2.05) is 6.92 Å². The van der Waals surface area contributed by atoms with Gasteiger partial charge in [0.25, 0.3) is 0 Å². The number of aryl methyl sites for hydroxylation is 2. The number of thiophene rings is 1. The van der Waals surface area contributed by atoms with Crippen LogP contribution in [0.4, 0.5) is 0 Å². The fraction of sp³-hybridized carbons (Fsp3) is 0.556. The molecule has 1 aromatic heterocycles. The van der Waals surface area contributed by atoms with Crippen LogP contribution in [0.5, 0.6) is 0 Å². The van der Waals surface area contributed by atoms with E-state index in [0.29, 0.717) is 0 Å². The summed E-state index contributed by atoms with van der Waals surface area (Å²) >= 11 is 1.74. The summed E-state index contributed by atoms with van der Waals surface area (Å²) in [5, 5.41) is 2.13. The molecule has 0 aliphatic heterocycles. The van der Waals surface area contributed by atoms with E-state index in [1.165, 1.54) is 16.0 Å². The maximum absolute atomic E-state index is 5.97. The molecule has 1 aromatic rings. The zero-order chi connectivity index (χ0) is 9.30. The molecule has 68 valence electrons. The van der Waals surface area contributed by atoms with Crippen LogP contribution < -0.4 is 11.5 Å². The Morgan fingerprint density at radius 3 is 2.25 bits per heavy atom. The highest BCUT2D eigenvalue weighted by Crippen LogP contribution is 2.26. The summed E-state index contributed by atoms with van der Waals surface area (Å²) in [7, 11) is 0. The summed E-state index contributed by atoms with van der Waals surface area (Å²) in [6, 6.07) is 0.00764. The van der Waals surface area contributed by atoms with Crippen molar-refractivity contribution in [2.75, 3.05) is 0 Å². The number of hydrogen-bond donors (Lipinski definition) is 2. The minimum absolute atomic E-state index is 0.0174. The molecule has 1 heterocycles. The molecule has 2 unspecified atom stereocenters. The first-order chi connectivity index (χ1) is 5.54. The van der Waals surface area contributed by atoms with Crippen LogP contribution in [0.15, 0.2) is 5.38 Å². The van der Waals surface area contributed by atoms with Gasteiger partial charge in [-0.1, -0.05) is 0 Å². The molecule has 0 aromatic carbocycles. The van der Waals surface area contributed by atoms with Crippen molar-refractivity contribution in [3.8, 4) is 0 Å². The number of nitrogens with two attached hydrogens (primary N) is 2. The van der Waals surface area contributed by atoms with E-state index in [-0.39, 0.29) is 12.1 Å². The van der Waals surface area contributed by atoms with E-state index < -0.39 is 0 Å². The molecule has 12 heavy (non-hydrogen) atoms. The van der Waals surface area contributed by atoms with Crippen LogP contribution in [0, 0.1) is 13.8 Å². The van der Waals surface area contributed by atoms with Gasteiger partial charge in [0.1, 0.15) is 0 Å². The minimum atomic E-state index is -0.0174. The standard InChI is InChI=1S/C9H16N2S/c1-5-4-12-7(3)8(5)9(11)6(2)10/h4,6,9H,10-11H2,1-3H3. The lowest BCUT2D eigenvalue weighted by molar-refractivity contribution is 0.586. The summed E-state index contributed by atoms with van der Waals surface area (Å²) in [5.74, 6) is 0. The van der Waals surface area contributed by atoms with E-state index in [0.717, 1.165) is 0 Å². The van der Waals surface area contributed by atoms with Gasteiger partial charge in [0.2, 0.25) is 0 Å². The molecule has 0 aliphatic rings. The molecule has 0 spiro atoms. The molecule has 0 fully saturated rings. The predicted octanol–water partition coefficient (Wildman–Crippen LogP) is 1.71. The third kappa shape index (κ3) is 1.68. The van der Waals surface area contributed by atoms with Gasteiger partial charge in [-0.2, -0.15) is 0 Å². The first-order valence-electron chi connectivity index (χ1n) is 4.09. The maximum atomic E-state index is 5.97. The van der Waals surface area contributed by atoms with Gasteiger partial charge in [-0.3, -0.25) is 0 Å². The van der Waals surface area contributed by atoms with Crippen molar-refractivity contribution in [3.63, 3.8) is 0 Å². The smallest absolute Gasteiger partial charge is 0.0459 e. The van der Waals surface area contributed by atoms with Gasteiger partial charge < -0.3 is 11.5 Å². The normalized spacial score (nSPS) is 16.1. The van der Waals surface area contributed by atoms with Crippen molar-refractivity contribution in [1.82, 2.24) is 0 Å². The third-order valence-corrected chi connectivity index (χ3v) is 3.16. The quantitative estimate of drug-likeness (QED) is 0.735. The Balaban J connectivity index is 3.00. The van der Waals surface area contributed by atoms with Crippen molar-refractivity contribution < 1.29 is 0 Å². The zero-order valence-corrected chi connectivity index (χ0v) is 8.61. The Hall–Kier alpha value is -0.380. The summed E-state index contributed by atoms with van der Waals surface area (Å²) in [6.45, 7) is 6.12. The van der Waals surface area contributed by atoms with Crippen molar-refractivity contribution in [3.05, 3.63) is 21.4 Å². The van der Waals surface area contributed by atoms with Crippen molar-refractivity contribution in [2.45, 2.75) is 32.9 Å². The molecule has 0 saturated heterocycles. The average molecular weight is 184 g/mol. The van der Waals surface area contributed by atoms with Gasteiger partial charge in [0, 0.05) is 17.0 Å². The summed E-state index contributed by atoms with van der Waals surface area (Å²) in [6.07, 6.45) is 0. The largest absolute Gasteiger partial charge is 0.326 e. The highest BCUT2D eigenvalue weighted by molar-refractivity contribution is 7.10. The van der Waals surface area contributed by atoms with E-state index in [4.69, 9.17) is 11.5 Å². The molecule has 2 atom stereocenters. The second-order valence-corrected chi connectivity index (χ2v) is 4.36. The topological polar surface area (TPSA) is 52.0 Å². The van der Waals surface area contributed by atoms with Gasteiger partial charge in [0.05, 0.1) is 0 Å². The highest BCUT2D eigenvalue weighted by Gasteiger charge is 2.16. The molecule has 0 radical (unpaired) electrons. The molecule has 0 saturated carbocycles. The van der Waals surface area contributed by atoms with Gasteiger partial charge in [0.15, 0.2) is 0 Å². The van der Waals surface area contributed by atoms with Gasteiger partial charge >= 0.3 is 0 Å². The summed E-state index contributed by atoms with van der Waals surface area (Å²) in [5.41, 5.74) is 14.2. The van der Waals surface area contributed by atoms with Crippen LogP contribution in [-0.4, -0.2) is 6.04 Å². The number of rotatable bonds is 2. The monoisotopic (exact) mass is 184 g/mol. The molecule has 4 N–H and O–H groups in total. The molecule has 0 amide bonds. The first kappa shape index (κ1) is 9.71. The number of hydrogen-bond acceptors (Lipinski definition) is 3. The Morgan fingerprint density at radius 1 is 1.33 bits per heavy atom. The lowest BCUT2D eigenvalue weighted by Crippen LogP contribution is -2.31. The lowest BCUT2D eigenvalue weighted by Gasteiger charge is -2.16. The van der Waals surface area contributed by atoms with Crippen molar-refractivity contribution in [1.29, 1.82) is 0 Å². The van der Waals surface area contributed by atoms with Gasteiger partial charge in [-0.15, -0.1) is 11.3 Å². The lowest BCUT2D eigenvalue weighted by atomic mass is 9.99. The molecule has 0 aliphatic carbocycles. The maximum Gasteiger partial charge on any atom is 0.0459 e. The Kier molecular flexibility index (Phi) is 2.88. The molecule has 1 rings (SSSR count). The molecular formula is C9H16N2S. The van der Waals surface area contributed by atoms with E-state index in [1.54, 1.807) is 11.3 Å². The SMILES string of the molecule is Cc1csc(C)c1C(N)C(C)N.